The molecule has 0 aliphatic carbocycles. The first-order chi connectivity index (χ1) is 21.9. The van der Waals surface area contributed by atoms with Crippen LogP contribution < -0.4 is 10.6 Å². The van der Waals surface area contributed by atoms with Gasteiger partial charge in [-0.05, 0) is 93.3 Å². The zero-order chi connectivity index (χ0) is 31.3. The molecule has 0 aromatic heterocycles. The molecule has 6 rings (SSSR count). The zero-order valence-electron chi connectivity index (χ0n) is 25.6. The van der Waals surface area contributed by atoms with E-state index in [0.717, 1.165) is 71.2 Å². The van der Waals surface area contributed by atoms with Gasteiger partial charge in [0.2, 0.25) is 0 Å². The Morgan fingerprint density at radius 1 is 0.844 bits per heavy atom. The van der Waals surface area contributed by atoms with Gasteiger partial charge in [0.1, 0.15) is 0 Å². The van der Waals surface area contributed by atoms with E-state index in [1.54, 1.807) is 4.90 Å². The number of benzene rings is 2. The summed E-state index contributed by atoms with van der Waals surface area (Å²) in [5.74, 6) is -0.128. The number of carbonyl (C=O) groups is 3. The second-order valence-electron chi connectivity index (χ2n) is 12.4. The van der Waals surface area contributed by atoms with Gasteiger partial charge in [0.15, 0.2) is 6.10 Å². The topological polar surface area (TPSA) is 97.5 Å². The number of carbonyl (C=O) groups excluding carboxylic acids is 3. The Morgan fingerprint density at radius 2 is 1.53 bits per heavy atom. The van der Waals surface area contributed by atoms with E-state index in [4.69, 9.17) is 4.74 Å². The summed E-state index contributed by atoms with van der Waals surface area (Å²) < 4.78 is 7.85. The fourth-order valence-electron chi connectivity index (χ4n) is 7.06. The van der Waals surface area contributed by atoms with Crippen LogP contribution in [0.1, 0.15) is 36.8 Å². The van der Waals surface area contributed by atoms with Gasteiger partial charge < -0.3 is 30.1 Å². The smallest absolute Gasteiger partial charge is 0.410 e. The molecule has 0 spiro atoms. The molecule has 2 aromatic rings. The minimum absolute atomic E-state index is 0.0397. The van der Waals surface area contributed by atoms with Crippen molar-refractivity contribution < 1.29 is 19.1 Å². The molecule has 45 heavy (non-hydrogen) atoms. The molecule has 10 nitrogen and oxygen atoms in total. The van der Waals surface area contributed by atoms with E-state index in [1.165, 1.54) is 0 Å². The number of piperazine rings is 1. The lowest BCUT2D eigenvalue weighted by atomic mass is 10.0. The van der Waals surface area contributed by atoms with E-state index in [9.17, 15) is 14.4 Å². The van der Waals surface area contributed by atoms with Crippen molar-refractivity contribution in [1.82, 2.24) is 24.9 Å². The molecule has 2 aromatic carbocycles. The summed E-state index contributed by atoms with van der Waals surface area (Å²) >= 11 is 7.08. The average molecular weight is 747 g/mol. The number of para-hydroxylation sites is 1. The highest BCUT2D eigenvalue weighted by Gasteiger charge is 2.36. The van der Waals surface area contributed by atoms with Crippen molar-refractivity contribution >= 4 is 55.6 Å². The number of urea groups is 1. The van der Waals surface area contributed by atoms with Crippen LogP contribution in [0.25, 0.3) is 0 Å². The van der Waals surface area contributed by atoms with Gasteiger partial charge in [-0.3, -0.25) is 9.69 Å². The predicted molar refractivity (Wildman–Crippen MR) is 180 cm³/mol. The normalized spacial score (nSPS) is 21.1. The number of amides is 4. The summed E-state index contributed by atoms with van der Waals surface area (Å²) in [6.07, 6.45) is 2.91. The lowest BCUT2D eigenvalue weighted by Gasteiger charge is -2.41. The Bertz CT molecular complexity index is 1370. The summed E-state index contributed by atoms with van der Waals surface area (Å²) in [7, 11) is 0. The molecule has 3 fully saturated rings. The number of piperidine rings is 2. The fraction of sp³-hybridized carbons (Fsp3) is 0.545. The number of nitrogens with zero attached hydrogens (tertiary/aromatic N) is 4. The Kier molecular flexibility index (Phi) is 10.6. The molecular formula is C33H42Br2N6O4. The fourth-order valence-corrected chi connectivity index (χ4v) is 7.73. The molecule has 1 atom stereocenters. The van der Waals surface area contributed by atoms with Crippen molar-refractivity contribution in [1.29, 1.82) is 0 Å². The standard InChI is InChI=1S/C33H42Br2N6O4/c34-27-6-5-23(21-28(27)35)22-30(31(42)39-14-8-25(9-15-39)38-19-12-36-13-20-38)45-33(44)40-16-10-26(11-17-40)41-18-7-24-3-1-2-4-29(24)37-32(41)43/h1-6,21,25-26,30,36H,7-20,22H2,(H,37,43)/t30-/m1/s1. The minimum atomic E-state index is -0.908. The number of ether oxygens (including phenoxy) is 1. The maximum absolute atomic E-state index is 13.9. The molecule has 0 unspecified atom stereocenters. The van der Waals surface area contributed by atoms with Crippen molar-refractivity contribution in [3.8, 4) is 0 Å². The highest BCUT2D eigenvalue weighted by molar-refractivity contribution is 9.13. The summed E-state index contributed by atoms with van der Waals surface area (Å²) in [6, 6.07) is 14.2. The number of hydrogen-bond donors (Lipinski definition) is 2. The zero-order valence-corrected chi connectivity index (χ0v) is 28.7. The van der Waals surface area contributed by atoms with Crippen LogP contribution in [0, 0.1) is 0 Å². The van der Waals surface area contributed by atoms with E-state index in [1.807, 2.05) is 46.2 Å². The molecule has 2 N–H and O–H groups in total. The number of halogens is 2. The van der Waals surface area contributed by atoms with Gasteiger partial charge in [-0.15, -0.1) is 0 Å². The van der Waals surface area contributed by atoms with Crippen LogP contribution in [0.3, 0.4) is 0 Å². The summed E-state index contributed by atoms with van der Waals surface area (Å²) in [5, 5.41) is 6.47. The summed E-state index contributed by atoms with van der Waals surface area (Å²) in [6.45, 7) is 7.03. The number of anilines is 1. The van der Waals surface area contributed by atoms with Crippen molar-refractivity contribution in [3.63, 3.8) is 0 Å². The number of likely N-dealkylation sites (tertiary alicyclic amines) is 2. The average Bonchev–Trinajstić information content (AvgIpc) is 3.24. The van der Waals surface area contributed by atoms with Crippen LogP contribution in [-0.4, -0.2) is 115 Å². The van der Waals surface area contributed by atoms with Crippen molar-refractivity contribution in [3.05, 3.63) is 62.5 Å². The Morgan fingerprint density at radius 3 is 2.27 bits per heavy atom. The number of hydrogen-bond acceptors (Lipinski definition) is 6. The first-order valence-corrected chi connectivity index (χ1v) is 17.7. The van der Waals surface area contributed by atoms with Crippen molar-refractivity contribution in [2.24, 2.45) is 0 Å². The third kappa shape index (κ3) is 7.84. The molecule has 0 saturated carbocycles. The lowest BCUT2D eigenvalue weighted by Crippen LogP contribution is -2.54. The van der Waals surface area contributed by atoms with Crippen LogP contribution in [-0.2, 0) is 22.4 Å². The molecule has 12 heteroatoms. The number of rotatable bonds is 6. The van der Waals surface area contributed by atoms with Crippen LogP contribution in [0.2, 0.25) is 0 Å². The molecule has 242 valence electrons. The highest BCUT2D eigenvalue weighted by Crippen LogP contribution is 2.27. The second-order valence-corrected chi connectivity index (χ2v) is 14.1. The molecule has 4 heterocycles. The highest BCUT2D eigenvalue weighted by atomic mass is 79.9. The van der Waals surface area contributed by atoms with Gasteiger partial charge >= 0.3 is 12.1 Å². The van der Waals surface area contributed by atoms with E-state index in [0.29, 0.717) is 58.0 Å². The SMILES string of the molecule is O=C(O[C@H](Cc1ccc(Br)c(Br)c1)C(=O)N1CCC(N2CCNCC2)CC1)N1CCC(N2CCc3ccccc3NC2=O)CC1. The minimum Gasteiger partial charge on any atom is -0.436 e. The first kappa shape index (κ1) is 32.3. The molecule has 3 saturated heterocycles. The number of nitrogens with one attached hydrogen (secondary N) is 2. The van der Waals surface area contributed by atoms with Gasteiger partial charge in [0.05, 0.1) is 0 Å². The number of fused-ring (bicyclic) bond motifs is 1. The van der Waals surface area contributed by atoms with Gasteiger partial charge in [0.25, 0.3) is 5.91 Å². The van der Waals surface area contributed by atoms with E-state index < -0.39 is 12.2 Å². The maximum Gasteiger partial charge on any atom is 0.410 e. The molecule has 0 bridgehead atoms. The van der Waals surface area contributed by atoms with Crippen LogP contribution >= 0.6 is 31.9 Å². The molecule has 4 aliphatic heterocycles. The Hall–Kier alpha value is -2.67. The van der Waals surface area contributed by atoms with Gasteiger partial charge in [0, 0.05) is 92.0 Å². The summed E-state index contributed by atoms with van der Waals surface area (Å²) in [4.78, 5) is 48.5. The van der Waals surface area contributed by atoms with E-state index >= 15 is 0 Å². The van der Waals surface area contributed by atoms with Crippen molar-refractivity contribution in [2.45, 2.75) is 56.7 Å². The van der Waals surface area contributed by atoms with Crippen LogP contribution in [0.15, 0.2) is 51.4 Å². The van der Waals surface area contributed by atoms with Crippen LogP contribution in [0.4, 0.5) is 15.3 Å². The van der Waals surface area contributed by atoms with E-state index in [2.05, 4.69) is 53.5 Å². The monoisotopic (exact) mass is 744 g/mol. The van der Waals surface area contributed by atoms with Gasteiger partial charge in [-0.2, -0.15) is 0 Å². The maximum atomic E-state index is 13.9. The van der Waals surface area contributed by atoms with Gasteiger partial charge in [-0.1, -0.05) is 24.3 Å². The first-order valence-electron chi connectivity index (χ1n) is 16.1. The van der Waals surface area contributed by atoms with Crippen LogP contribution in [0.5, 0.6) is 0 Å². The molecule has 0 radical (unpaired) electrons. The second kappa shape index (κ2) is 14.8. The molecule has 4 aliphatic rings. The third-order valence-electron chi connectivity index (χ3n) is 9.67. The molecule has 4 amide bonds. The van der Waals surface area contributed by atoms with Crippen molar-refractivity contribution in [2.75, 3.05) is 64.2 Å². The predicted octanol–water partition coefficient (Wildman–Crippen LogP) is 4.71. The Balaban J connectivity index is 1.07. The largest absolute Gasteiger partial charge is 0.436 e. The summed E-state index contributed by atoms with van der Waals surface area (Å²) in [5.41, 5.74) is 2.92. The van der Waals surface area contributed by atoms with Gasteiger partial charge in [-0.25, -0.2) is 9.59 Å². The lowest BCUT2D eigenvalue weighted by molar-refractivity contribution is -0.142. The molecular weight excluding hydrogens is 704 g/mol. The third-order valence-corrected chi connectivity index (χ3v) is 11.6. The van der Waals surface area contributed by atoms with E-state index in [-0.39, 0.29) is 18.0 Å². The quantitative estimate of drug-likeness (QED) is 0.445. The Labute approximate surface area is 282 Å².